The molecule has 1 fully saturated rings. The summed E-state index contributed by atoms with van der Waals surface area (Å²) >= 11 is 0. The van der Waals surface area contributed by atoms with E-state index in [0.29, 0.717) is 6.61 Å². The third-order valence-electron chi connectivity index (χ3n) is 7.11. The SMILES string of the molecule is CCOc1ccc(C2=Nc3ccc(-c4nc5ccc(N6CCN(CCN)CC6)cc5[nH]4)cc3C2)cc1. The minimum absolute atomic E-state index is 0.670. The fraction of sp³-hybridized carbons (Fsp3) is 0.310. The number of piperazine rings is 1. The Morgan fingerprint density at radius 2 is 1.75 bits per heavy atom. The zero-order chi connectivity index (χ0) is 24.5. The fourth-order valence-electron chi connectivity index (χ4n) is 5.17. The molecule has 0 atom stereocenters. The number of ether oxygens (including phenoxy) is 1. The van der Waals surface area contributed by atoms with E-state index < -0.39 is 0 Å². The molecule has 3 N–H and O–H groups in total. The van der Waals surface area contributed by atoms with Gasteiger partial charge >= 0.3 is 0 Å². The maximum absolute atomic E-state index is 5.72. The van der Waals surface area contributed by atoms with Crippen LogP contribution in [-0.2, 0) is 6.42 Å². The van der Waals surface area contributed by atoms with E-state index in [4.69, 9.17) is 20.4 Å². The number of aromatic nitrogens is 2. The van der Waals surface area contributed by atoms with Gasteiger partial charge in [0.2, 0.25) is 0 Å². The summed E-state index contributed by atoms with van der Waals surface area (Å²) in [5, 5.41) is 0. The van der Waals surface area contributed by atoms with Crippen LogP contribution in [0.3, 0.4) is 0 Å². The highest BCUT2D eigenvalue weighted by atomic mass is 16.5. The molecule has 36 heavy (non-hydrogen) atoms. The summed E-state index contributed by atoms with van der Waals surface area (Å²) in [5.74, 6) is 1.79. The summed E-state index contributed by atoms with van der Waals surface area (Å²) in [4.78, 5) is 18.2. The van der Waals surface area contributed by atoms with E-state index in [-0.39, 0.29) is 0 Å². The molecule has 1 aromatic heterocycles. The number of aliphatic imine (C=N–C) groups is 1. The first-order valence-corrected chi connectivity index (χ1v) is 12.8. The molecular formula is C29H32N6O. The largest absolute Gasteiger partial charge is 0.494 e. The molecule has 184 valence electrons. The van der Waals surface area contributed by atoms with Gasteiger partial charge in [-0.2, -0.15) is 0 Å². The summed E-state index contributed by atoms with van der Waals surface area (Å²) in [7, 11) is 0. The van der Waals surface area contributed by atoms with Gasteiger partial charge in [0.15, 0.2) is 0 Å². The van der Waals surface area contributed by atoms with E-state index in [2.05, 4.69) is 63.3 Å². The van der Waals surface area contributed by atoms with Crippen LogP contribution in [0.5, 0.6) is 5.75 Å². The Balaban J connectivity index is 1.19. The molecule has 0 amide bonds. The summed E-state index contributed by atoms with van der Waals surface area (Å²) in [6.45, 7) is 8.52. The van der Waals surface area contributed by atoms with E-state index in [9.17, 15) is 0 Å². The predicted octanol–water partition coefficient (Wildman–Crippen LogP) is 4.39. The van der Waals surface area contributed by atoms with Crippen molar-refractivity contribution in [2.45, 2.75) is 13.3 Å². The minimum Gasteiger partial charge on any atom is -0.494 e. The number of nitrogens with one attached hydrogen (secondary N) is 1. The summed E-state index contributed by atoms with van der Waals surface area (Å²) in [6, 6.07) is 21.2. The third-order valence-corrected chi connectivity index (χ3v) is 7.11. The zero-order valence-electron chi connectivity index (χ0n) is 20.7. The van der Waals surface area contributed by atoms with E-state index in [0.717, 1.165) is 90.8 Å². The zero-order valence-corrected chi connectivity index (χ0v) is 20.7. The van der Waals surface area contributed by atoms with Gasteiger partial charge in [0.1, 0.15) is 11.6 Å². The lowest BCUT2D eigenvalue weighted by atomic mass is 10.0. The molecule has 3 aromatic carbocycles. The number of benzene rings is 3. The van der Waals surface area contributed by atoms with E-state index in [1.54, 1.807) is 0 Å². The number of imidazole rings is 1. The number of aromatic amines is 1. The van der Waals surface area contributed by atoms with Crippen molar-refractivity contribution < 1.29 is 4.74 Å². The van der Waals surface area contributed by atoms with Crippen molar-refractivity contribution in [2.24, 2.45) is 10.7 Å². The van der Waals surface area contributed by atoms with Gasteiger partial charge in [-0.15, -0.1) is 0 Å². The van der Waals surface area contributed by atoms with Gasteiger partial charge in [0, 0.05) is 56.9 Å². The van der Waals surface area contributed by atoms with Gasteiger partial charge in [-0.1, -0.05) is 0 Å². The van der Waals surface area contributed by atoms with E-state index in [1.165, 1.54) is 11.3 Å². The van der Waals surface area contributed by atoms with Crippen molar-refractivity contribution in [1.82, 2.24) is 14.9 Å². The van der Waals surface area contributed by atoms with Gasteiger partial charge in [-0.25, -0.2) is 4.98 Å². The molecule has 1 saturated heterocycles. The number of H-pyrrole nitrogens is 1. The number of rotatable bonds is 7. The molecule has 7 heteroatoms. The quantitative estimate of drug-likeness (QED) is 0.410. The second-order valence-corrected chi connectivity index (χ2v) is 9.44. The lowest BCUT2D eigenvalue weighted by Crippen LogP contribution is -2.47. The van der Waals surface area contributed by atoms with Crippen LogP contribution in [0.2, 0.25) is 0 Å². The second-order valence-electron chi connectivity index (χ2n) is 9.44. The molecule has 2 aliphatic rings. The molecule has 0 saturated carbocycles. The van der Waals surface area contributed by atoms with Crippen LogP contribution < -0.4 is 15.4 Å². The number of hydrogen-bond donors (Lipinski definition) is 2. The maximum Gasteiger partial charge on any atom is 0.138 e. The lowest BCUT2D eigenvalue weighted by Gasteiger charge is -2.35. The molecule has 7 nitrogen and oxygen atoms in total. The Morgan fingerprint density at radius 3 is 2.53 bits per heavy atom. The Labute approximate surface area is 211 Å². The first kappa shape index (κ1) is 22.8. The average Bonchev–Trinajstić information content (AvgIpc) is 3.53. The van der Waals surface area contributed by atoms with Crippen LogP contribution >= 0.6 is 0 Å². The Morgan fingerprint density at radius 1 is 0.944 bits per heavy atom. The molecular weight excluding hydrogens is 448 g/mol. The Kier molecular flexibility index (Phi) is 6.17. The van der Waals surface area contributed by atoms with Gasteiger partial charge in [-0.05, 0) is 78.7 Å². The number of hydrogen-bond acceptors (Lipinski definition) is 6. The standard InChI is InChI=1S/C29H32N6O/c1-2-36-24-7-3-20(4-8-24)27-18-22-17-21(5-9-25(22)31-27)29-32-26-10-6-23(19-28(26)33-29)35-15-13-34(12-11-30)14-16-35/h3-10,17,19H,2,11-16,18,30H2,1H3,(H,32,33). The van der Waals surface area contributed by atoms with Gasteiger partial charge in [-0.3, -0.25) is 9.89 Å². The van der Waals surface area contributed by atoms with Crippen LogP contribution in [0.4, 0.5) is 11.4 Å². The molecule has 0 unspecified atom stereocenters. The smallest absolute Gasteiger partial charge is 0.138 e. The van der Waals surface area contributed by atoms with Crippen molar-refractivity contribution in [2.75, 3.05) is 50.8 Å². The Bertz CT molecular complexity index is 1400. The van der Waals surface area contributed by atoms with Crippen molar-refractivity contribution in [3.8, 4) is 17.1 Å². The maximum atomic E-state index is 5.72. The molecule has 0 aliphatic carbocycles. The molecule has 6 rings (SSSR count). The lowest BCUT2D eigenvalue weighted by molar-refractivity contribution is 0.265. The average molecular weight is 481 g/mol. The topological polar surface area (TPSA) is 82.8 Å². The monoisotopic (exact) mass is 480 g/mol. The van der Waals surface area contributed by atoms with Gasteiger partial charge in [0.25, 0.3) is 0 Å². The Hall–Kier alpha value is -3.68. The highest BCUT2D eigenvalue weighted by Crippen LogP contribution is 2.33. The summed E-state index contributed by atoms with van der Waals surface area (Å²) in [5.41, 5.74) is 14.6. The number of nitrogens with zero attached hydrogens (tertiary/aromatic N) is 4. The van der Waals surface area contributed by atoms with Gasteiger partial charge < -0.3 is 20.4 Å². The van der Waals surface area contributed by atoms with Crippen molar-refractivity contribution in [1.29, 1.82) is 0 Å². The highest BCUT2D eigenvalue weighted by Gasteiger charge is 2.19. The number of anilines is 1. The molecule has 0 spiro atoms. The van der Waals surface area contributed by atoms with Crippen LogP contribution in [0.1, 0.15) is 18.1 Å². The number of fused-ring (bicyclic) bond motifs is 2. The number of nitrogens with two attached hydrogens (primary N) is 1. The molecule has 0 radical (unpaired) electrons. The normalized spacial score (nSPS) is 15.8. The molecule has 4 aromatic rings. The second kappa shape index (κ2) is 9.76. The van der Waals surface area contributed by atoms with Crippen molar-refractivity contribution in [3.63, 3.8) is 0 Å². The van der Waals surface area contributed by atoms with Crippen LogP contribution in [0.15, 0.2) is 65.7 Å². The summed E-state index contributed by atoms with van der Waals surface area (Å²) in [6.07, 6.45) is 0.817. The van der Waals surface area contributed by atoms with Crippen molar-refractivity contribution in [3.05, 3.63) is 71.8 Å². The minimum atomic E-state index is 0.670. The van der Waals surface area contributed by atoms with E-state index in [1.807, 2.05) is 19.1 Å². The first-order chi connectivity index (χ1) is 17.7. The molecule has 2 aliphatic heterocycles. The molecule has 3 heterocycles. The van der Waals surface area contributed by atoms with Crippen molar-refractivity contribution >= 4 is 28.1 Å². The predicted molar refractivity (Wildman–Crippen MR) is 147 cm³/mol. The fourth-order valence-corrected chi connectivity index (χ4v) is 5.17. The van der Waals surface area contributed by atoms with Gasteiger partial charge in [0.05, 0.1) is 29.0 Å². The van der Waals surface area contributed by atoms with Crippen LogP contribution in [0.25, 0.3) is 22.4 Å². The molecule has 0 bridgehead atoms. The van der Waals surface area contributed by atoms with Crippen LogP contribution in [-0.4, -0.2) is 66.5 Å². The highest BCUT2D eigenvalue weighted by molar-refractivity contribution is 6.06. The van der Waals surface area contributed by atoms with E-state index >= 15 is 0 Å². The summed E-state index contributed by atoms with van der Waals surface area (Å²) < 4.78 is 5.57. The third kappa shape index (κ3) is 4.47. The van der Waals surface area contributed by atoms with Crippen LogP contribution in [0, 0.1) is 0 Å². The first-order valence-electron chi connectivity index (χ1n) is 12.8.